The van der Waals surface area contributed by atoms with E-state index >= 15 is 0 Å². The Bertz CT molecular complexity index is 1220. The smallest absolute Gasteiger partial charge is 0.305 e. The molecule has 0 aromatic carbocycles. The molecular formula is C39H66O19. The Morgan fingerprint density at radius 3 is 1.53 bits per heavy atom. The van der Waals surface area contributed by atoms with Crippen molar-refractivity contribution in [2.24, 2.45) is 0 Å². The lowest BCUT2D eigenvalue weighted by Crippen LogP contribution is -2.62. The van der Waals surface area contributed by atoms with E-state index < -0.39 is 137 Å². The summed E-state index contributed by atoms with van der Waals surface area (Å²) in [5.74, 6) is -0.489. The van der Waals surface area contributed by atoms with E-state index in [1.54, 1.807) is 0 Å². The Kier molecular flexibility index (Phi) is 23.5. The van der Waals surface area contributed by atoms with Crippen molar-refractivity contribution in [2.75, 3.05) is 33.0 Å². The molecule has 19 nitrogen and oxygen atoms in total. The first kappa shape index (κ1) is 50.4. The predicted octanol–water partition coefficient (Wildman–Crippen LogP) is -2.06. The molecule has 0 aromatic rings. The first-order valence-electron chi connectivity index (χ1n) is 20.1. The van der Waals surface area contributed by atoms with Gasteiger partial charge in [0.25, 0.3) is 0 Å². The summed E-state index contributed by atoms with van der Waals surface area (Å²) < 4.78 is 37.8. The van der Waals surface area contributed by atoms with E-state index in [2.05, 4.69) is 43.4 Å². The van der Waals surface area contributed by atoms with Crippen molar-refractivity contribution in [3.63, 3.8) is 0 Å². The van der Waals surface area contributed by atoms with Gasteiger partial charge in [0, 0.05) is 6.42 Å². The summed E-state index contributed by atoms with van der Waals surface area (Å²) in [5.41, 5.74) is 0. The van der Waals surface area contributed by atoms with Gasteiger partial charge in [-0.15, -0.1) is 0 Å². The molecule has 3 aliphatic heterocycles. The molecule has 19 heteroatoms. The lowest BCUT2D eigenvalue weighted by atomic mass is 9.98. The van der Waals surface area contributed by atoms with Crippen molar-refractivity contribution in [2.45, 2.75) is 169 Å². The monoisotopic (exact) mass is 838 g/mol. The summed E-state index contributed by atoms with van der Waals surface area (Å²) in [5, 5.41) is 113. The molecule has 3 aliphatic rings. The van der Waals surface area contributed by atoms with Gasteiger partial charge in [-0.05, 0) is 38.5 Å². The van der Waals surface area contributed by atoms with Crippen LogP contribution in [0.4, 0.5) is 0 Å². The van der Waals surface area contributed by atoms with E-state index in [-0.39, 0.29) is 6.42 Å². The Morgan fingerprint density at radius 2 is 1.00 bits per heavy atom. The number of carbonyl (C=O) groups is 1. The van der Waals surface area contributed by atoms with Crippen LogP contribution in [-0.2, 0) is 38.0 Å². The highest BCUT2D eigenvalue weighted by Gasteiger charge is 2.49. The van der Waals surface area contributed by atoms with Crippen LogP contribution in [0.3, 0.4) is 0 Å². The van der Waals surface area contributed by atoms with E-state index in [9.17, 15) is 61.0 Å². The summed E-state index contributed by atoms with van der Waals surface area (Å²) in [6.45, 7) is -0.722. The minimum absolute atomic E-state index is 0.185. The maximum Gasteiger partial charge on any atom is 0.305 e. The zero-order valence-corrected chi connectivity index (χ0v) is 33.0. The minimum Gasteiger partial charge on any atom is -0.463 e. The Morgan fingerprint density at radius 1 is 0.552 bits per heavy atom. The van der Waals surface area contributed by atoms with Crippen LogP contribution in [0.5, 0.6) is 0 Å². The second-order valence-corrected chi connectivity index (χ2v) is 14.7. The van der Waals surface area contributed by atoms with Crippen LogP contribution < -0.4 is 0 Å². The summed E-state index contributed by atoms with van der Waals surface area (Å²) in [6, 6.07) is 0. The molecule has 0 bridgehead atoms. The first-order chi connectivity index (χ1) is 27.8. The highest BCUT2D eigenvalue weighted by molar-refractivity contribution is 5.69. The van der Waals surface area contributed by atoms with Gasteiger partial charge in [0.05, 0.1) is 26.4 Å². The number of aliphatic hydroxyl groups is 11. The van der Waals surface area contributed by atoms with Gasteiger partial charge in [0.1, 0.15) is 86.0 Å². The normalized spacial score (nSPS) is 36.6. The van der Waals surface area contributed by atoms with E-state index in [0.717, 1.165) is 51.4 Å². The van der Waals surface area contributed by atoms with Crippen molar-refractivity contribution in [1.29, 1.82) is 0 Å². The highest BCUT2D eigenvalue weighted by Crippen LogP contribution is 2.28. The molecule has 3 fully saturated rings. The average molecular weight is 839 g/mol. The first-order valence-corrected chi connectivity index (χ1v) is 20.1. The fourth-order valence-electron chi connectivity index (χ4n) is 6.37. The van der Waals surface area contributed by atoms with Gasteiger partial charge in [-0.25, -0.2) is 0 Å². The molecular weight excluding hydrogens is 772 g/mol. The van der Waals surface area contributed by atoms with Crippen LogP contribution in [0.25, 0.3) is 0 Å². The van der Waals surface area contributed by atoms with Crippen LogP contribution >= 0.6 is 0 Å². The van der Waals surface area contributed by atoms with Crippen LogP contribution in [0.2, 0.25) is 0 Å². The van der Waals surface area contributed by atoms with Gasteiger partial charge in [0.15, 0.2) is 18.9 Å². The fraction of sp³-hybridized carbons (Fsp3) is 0.821. The number of rotatable bonds is 25. The molecule has 0 spiro atoms. The maximum atomic E-state index is 12.2. The number of allylic oxidation sites excluding steroid dienone is 6. The number of unbranched alkanes of at least 4 members (excludes halogenated alkanes) is 5. The molecule has 3 heterocycles. The number of carbonyl (C=O) groups excluding carboxylic acids is 1. The molecule has 3 rings (SSSR count). The fourth-order valence-corrected chi connectivity index (χ4v) is 6.37. The minimum atomic E-state index is -1.85. The summed E-state index contributed by atoms with van der Waals surface area (Å²) in [7, 11) is 0. The molecule has 0 radical (unpaired) electrons. The average Bonchev–Trinajstić information content (AvgIpc) is 3.21. The summed E-state index contributed by atoms with van der Waals surface area (Å²) in [4.78, 5) is 12.2. The zero-order chi connectivity index (χ0) is 42.6. The lowest BCUT2D eigenvalue weighted by molar-refractivity contribution is -0.343. The molecule has 0 aromatic heterocycles. The number of esters is 1. The van der Waals surface area contributed by atoms with Gasteiger partial charge in [0.2, 0.25) is 0 Å². The zero-order valence-electron chi connectivity index (χ0n) is 33.0. The standard InChI is InChI=1S/C39H66O19/c1-2-3-4-5-6-7-8-9-10-11-12-13-14-15-16-17-27(42)52-19-23(41)20-53-37-35(50)32(47)29(44)25(57-37)22-55-39-36(51)33(48)30(45)26(58-39)21-54-38-34(49)31(46)28(43)24(18-40)56-38/h3-4,6-7,9-10,23-26,28-41,43-51H,2,5,8,11-22H2,1H3. The molecule has 0 aliphatic carbocycles. The molecule has 11 N–H and O–H groups in total. The van der Waals surface area contributed by atoms with Crippen LogP contribution in [-0.4, -0.2) is 193 Å². The molecule has 0 amide bonds. The van der Waals surface area contributed by atoms with Crippen molar-refractivity contribution in [1.82, 2.24) is 0 Å². The molecule has 336 valence electrons. The van der Waals surface area contributed by atoms with Gasteiger partial charge >= 0.3 is 5.97 Å². The number of aliphatic hydroxyl groups excluding tert-OH is 11. The third kappa shape index (κ3) is 16.1. The van der Waals surface area contributed by atoms with Gasteiger partial charge < -0.3 is 89.3 Å². The topological polar surface area (TPSA) is 304 Å². The second-order valence-electron chi connectivity index (χ2n) is 14.7. The van der Waals surface area contributed by atoms with Crippen molar-refractivity contribution in [3.8, 4) is 0 Å². The van der Waals surface area contributed by atoms with Crippen molar-refractivity contribution < 1.29 is 94.1 Å². The van der Waals surface area contributed by atoms with Crippen LogP contribution in [0.1, 0.15) is 71.1 Å². The van der Waals surface area contributed by atoms with E-state index in [1.165, 1.54) is 0 Å². The van der Waals surface area contributed by atoms with Crippen molar-refractivity contribution in [3.05, 3.63) is 36.5 Å². The van der Waals surface area contributed by atoms with Crippen molar-refractivity contribution >= 4 is 5.97 Å². The summed E-state index contributed by atoms with van der Waals surface area (Å²) in [6.07, 6.45) is -4.46. The second kappa shape index (κ2) is 27.1. The highest BCUT2D eigenvalue weighted by atomic mass is 16.7. The number of hydrogen-bond acceptors (Lipinski definition) is 19. The molecule has 0 saturated carbocycles. The van der Waals surface area contributed by atoms with E-state index in [1.807, 2.05) is 0 Å². The Hall–Kier alpha value is -1.99. The largest absolute Gasteiger partial charge is 0.463 e. The molecule has 16 atom stereocenters. The third-order valence-corrected chi connectivity index (χ3v) is 9.96. The number of hydrogen-bond donors (Lipinski definition) is 11. The molecule has 3 saturated heterocycles. The Balaban J connectivity index is 1.34. The lowest BCUT2D eigenvalue weighted by Gasteiger charge is -2.43. The quantitative estimate of drug-likeness (QED) is 0.0268. The van der Waals surface area contributed by atoms with E-state index in [4.69, 9.17) is 33.2 Å². The molecule has 58 heavy (non-hydrogen) atoms. The van der Waals surface area contributed by atoms with Gasteiger partial charge in [-0.1, -0.05) is 62.6 Å². The SMILES string of the molecule is CCC=CCC=CCC=CCCCCCCCC(=O)OCC(O)COC1OC(COC2OC(COC3OC(CO)C(O)C(O)C3O)C(O)C(O)C2O)C(O)C(O)C1O. The third-order valence-electron chi connectivity index (χ3n) is 9.96. The number of ether oxygens (including phenoxy) is 7. The van der Waals surface area contributed by atoms with Crippen LogP contribution in [0.15, 0.2) is 36.5 Å². The van der Waals surface area contributed by atoms with Crippen LogP contribution in [0, 0.1) is 0 Å². The maximum absolute atomic E-state index is 12.2. The molecule has 16 unspecified atom stereocenters. The summed E-state index contributed by atoms with van der Waals surface area (Å²) >= 11 is 0. The van der Waals surface area contributed by atoms with Gasteiger partial charge in [-0.2, -0.15) is 0 Å². The van der Waals surface area contributed by atoms with E-state index in [0.29, 0.717) is 6.42 Å². The Labute approximate surface area is 338 Å². The predicted molar refractivity (Wildman–Crippen MR) is 201 cm³/mol. The van der Waals surface area contributed by atoms with Gasteiger partial charge in [-0.3, -0.25) is 4.79 Å².